The molecule has 0 saturated carbocycles. The topological polar surface area (TPSA) is 109 Å². The summed E-state index contributed by atoms with van der Waals surface area (Å²) in [6.07, 6.45) is 2.51. The zero-order chi connectivity index (χ0) is 24.1. The molecule has 1 aromatic heterocycles. The predicted molar refractivity (Wildman–Crippen MR) is 133 cm³/mol. The van der Waals surface area contributed by atoms with Crippen LogP contribution < -0.4 is 9.47 Å². The lowest BCUT2D eigenvalue weighted by Gasteiger charge is -2.13. The third kappa shape index (κ3) is 5.03. The minimum atomic E-state index is -0.678. The molecule has 4 rings (SSSR count). The van der Waals surface area contributed by atoms with E-state index in [1.54, 1.807) is 18.2 Å². The van der Waals surface area contributed by atoms with Gasteiger partial charge in [-0.05, 0) is 43.2 Å². The van der Waals surface area contributed by atoms with Gasteiger partial charge in [-0.3, -0.25) is 10.2 Å². The zero-order valence-corrected chi connectivity index (χ0v) is 20.3. The van der Waals surface area contributed by atoms with Crippen LogP contribution in [0, 0.1) is 16.7 Å². The zero-order valence-electron chi connectivity index (χ0n) is 18.7. The van der Waals surface area contributed by atoms with Gasteiger partial charge in [0.1, 0.15) is 22.5 Å². The number of Topliss-reactive ketones (excluding diaryl/α,β-unsaturated/α-hetero) is 1. The Bertz CT molecular complexity index is 1310. The van der Waals surface area contributed by atoms with Gasteiger partial charge >= 0.3 is 0 Å². The first-order valence-electron chi connectivity index (χ1n) is 10.8. The number of hydrogen-bond acceptors (Lipinski definition) is 9. The molecule has 0 bridgehead atoms. The normalized spacial score (nSPS) is 16.6. The van der Waals surface area contributed by atoms with Gasteiger partial charge in [0.15, 0.2) is 17.3 Å². The number of allylic oxidation sites excluding steroid dienone is 1. The Morgan fingerprint density at radius 1 is 1.15 bits per heavy atom. The highest BCUT2D eigenvalue weighted by Gasteiger charge is 2.39. The monoisotopic (exact) mass is 490 g/mol. The molecule has 0 spiro atoms. The summed E-state index contributed by atoms with van der Waals surface area (Å²) in [5.74, 6) is 0.280. The summed E-state index contributed by atoms with van der Waals surface area (Å²) < 4.78 is 11.7. The molecular weight excluding hydrogens is 468 g/mol. The van der Waals surface area contributed by atoms with Crippen molar-refractivity contribution >= 4 is 40.0 Å². The second-order valence-corrected chi connectivity index (χ2v) is 9.53. The quantitative estimate of drug-likeness (QED) is 0.423. The highest BCUT2D eigenvalue weighted by molar-refractivity contribution is 8.19. The van der Waals surface area contributed by atoms with E-state index >= 15 is 0 Å². The molecule has 9 heteroatoms. The number of carbonyl (C=O) groups is 1. The van der Waals surface area contributed by atoms with Crippen LogP contribution in [0.5, 0.6) is 11.5 Å². The summed E-state index contributed by atoms with van der Waals surface area (Å²) in [5, 5.41) is 27.5. The van der Waals surface area contributed by atoms with E-state index in [0.717, 1.165) is 34.3 Å². The number of aromatic nitrogens is 2. The molecule has 1 fully saturated rings. The number of rotatable bonds is 8. The second-order valence-electron chi connectivity index (χ2n) is 7.36. The molecule has 172 valence electrons. The molecule has 1 aliphatic heterocycles. The van der Waals surface area contributed by atoms with Crippen LogP contribution in [-0.2, 0) is 17.8 Å². The van der Waals surface area contributed by atoms with Crippen molar-refractivity contribution in [1.29, 1.82) is 10.7 Å². The van der Waals surface area contributed by atoms with Crippen molar-refractivity contribution < 1.29 is 14.3 Å². The van der Waals surface area contributed by atoms with Crippen LogP contribution in [0.25, 0.3) is 6.08 Å². The number of nitriles is 1. The molecule has 34 heavy (non-hydrogen) atoms. The fourth-order valence-electron chi connectivity index (χ4n) is 3.40. The van der Waals surface area contributed by atoms with Crippen molar-refractivity contribution in [2.75, 3.05) is 6.61 Å². The Kier molecular flexibility index (Phi) is 7.40. The molecule has 1 saturated heterocycles. The van der Waals surface area contributed by atoms with Gasteiger partial charge in [-0.25, -0.2) is 0 Å². The molecule has 0 radical (unpaired) electrons. The van der Waals surface area contributed by atoms with Gasteiger partial charge in [-0.2, -0.15) is 5.26 Å². The largest absolute Gasteiger partial charge is 0.490 e. The van der Waals surface area contributed by atoms with Gasteiger partial charge < -0.3 is 9.47 Å². The number of nitrogens with zero attached hydrogens (tertiary/aromatic N) is 3. The molecule has 1 atom stereocenters. The van der Waals surface area contributed by atoms with Crippen molar-refractivity contribution in [3.63, 3.8) is 0 Å². The first-order valence-corrected chi connectivity index (χ1v) is 12.4. The maximum Gasteiger partial charge on any atom is 0.186 e. The van der Waals surface area contributed by atoms with E-state index in [-0.39, 0.29) is 17.4 Å². The van der Waals surface area contributed by atoms with E-state index in [1.165, 1.54) is 11.3 Å². The van der Waals surface area contributed by atoms with Gasteiger partial charge in [0.2, 0.25) is 0 Å². The summed E-state index contributed by atoms with van der Waals surface area (Å²) >= 11 is 2.54. The highest BCUT2D eigenvalue weighted by Crippen LogP contribution is 2.42. The predicted octanol–water partition coefficient (Wildman–Crippen LogP) is 5.37. The first-order chi connectivity index (χ1) is 16.5. The van der Waals surface area contributed by atoms with Crippen LogP contribution >= 0.6 is 23.1 Å². The summed E-state index contributed by atoms with van der Waals surface area (Å²) in [4.78, 5) is 13.5. The van der Waals surface area contributed by atoms with E-state index in [2.05, 4.69) is 16.3 Å². The van der Waals surface area contributed by atoms with Crippen LogP contribution in [0.4, 0.5) is 0 Å². The number of nitrogens with one attached hydrogen (secondary N) is 1. The number of hydrogen-bond donors (Lipinski definition) is 1. The van der Waals surface area contributed by atoms with Crippen molar-refractivity contribution in [3.05, 3.63) is 74.1 Å². The Morgan fingerprint density at radius 2 is 1.97 bits per heavy atom. The van der Waals surface area contributed by atoms with Gasteiger partial charge in [0.05, 0.1) is 28.2 Å². The Hall–Kier alpha value is -3.48. The van der Waals surface area contributed by atoms with Gasteiger partial charge in [0.25, 0.3) is 0 Å². The maximum atomic E-state index is 13.0. The minimum Gasteiger partial charge on any atom is -0.490 e. The van der Waals surface area contributed by atoms with E-state index in [1.807, 2.05) is 44.2 Å². The summed E-state index contributed by atoms with van der Waals surface area (Å²) in [6.45, 7) is 4.55. The Morgan fingerprint density at radius 3 is 2.71 bits per heavy atom. The maximum absolute atomic E-state index is 13.0. The lowest BCUT2D eigenvalue weighted by molar-refractivity contribution is -0.114. The number of aryl methyl sites for hydroxylation is 1. The standard InChI is InChI=1S/C25H22N4O3S2/c1-3-21-28-29-25(34-21)22-23(30)20(33-24(22)27)12-15-9-10-18(19(11-15)31-4-2)32-14-17-8-6-5-7-16(17)13-26/h5-12,22,27H,3-4,14H2,1-2H3/b20-12-,27-24?/t22-/m1/s1. The number of ether oxygens (including phenoxy) is 2. The molecule has 2 aromatic carbocycles. The minimum absolute atomic E-state index is 0.139. The van der Waals surface area contributed by atoms with E-state index < -0.39 is 5.92 Å². The molecule has 0 amide bonds. The van der Waals surface area contributed by atoms with Crippen LogP contribution in [0.3, 0.4) is 0 Å². The van der Waals surface area contributed by atoms with Crippen molar-refractivity contribution in [1.82, 2.24) is 10.2 Å². The van der Waals surface area contributed by atoms with Crippen molar-refractivity contribution in [2.45, 2.75) is 32.8 Å². The molecular formula is C25H22N4O3S2. The molecule has 7 nitrogen and oxygen atoms in total. The Labute approximate surface area is 206 Å². The molecule has 2 heterocycles. The third-order valence-electron chi connectivity index (χ3n) is 5.11. The number of ketones is 1. The van der Waals surface area contributed by atoms with Crippen LogP contribution in [0.1, 0.15) is 46.5 Å². The Balaban J connectivity index is 1.55. The molecule has 0 aliphatic carbocycles. The molecule has 1 N–H and O–H groups in total. The third-order valence-corrected chi connectivity index (χ3v) is 7.23. The summed E-state index contributed by atoms with van der Waals surface area (Å²) in [7, 11) is 0. The molecule has 0 unspecified atom stereocenters. The van der Waals surface area contributed by atoms with Gasteiger partial charge in [-0.15, -0.1) is 21.5 Å². The van der Waals surface area contributed by atoms with Gasteiger partial charge in [-0.1, -0.05) is 43.0 Å². The number of carbonyl (C=O) groups excluding carboxylic acids is 1. The van der Waals surface area contributed by atoms with E-state index in [9.17, 15) is 10.1 Å². The van der Waals surface area contributed by atoms with Crippen molar-refractivity contribution in [3.8, 4) is 17.6 Å². The molecule has 3 aromatic rings. The van der Waals surface area contributed by atoms with Gasteiger partial charge in [0, 0.05) is 5.56 Å². The number of thioether (sulfide) groups is 1. The van der Waals surface area contributed by atoms with Crippen molar-refractivity contribution in [2.24, 2.45) is 0 Å². The fraction of sp³-hybridized carbons (Fsp3) is 0.240. The number of benzene rings is 2. The highest BCUT2D eigenvalue weighted by atomic mass is 32.2. The van der Waals surface area contributed by atoms with Crippen LogP contribution in [0.2, 0.25) is 0 Å². The van der Waals surface area contributed by atoms with E-state index in [0.29, 0.717) is 33.6 Å². The lowest BCUT2D eigenvalue weighted by atomic mass is 10.0. The summed E-state index contributed by atoms with van der Waals surface area (Å²) in [6, 6.07) is 14.9. The SMILES string of the molecule is CCOc1cc(/C=C2\SC(=N)[C@H](c3nnc(CC)s3)C2=O)ccc1OCc1ccccc1C#N. The van der Waals surface area contributed by atoms with Crippen LogP contribution in [-0.4, -0.2) is 27.6 Å². The average Bonchev–Trinajstić information content (AvgIpc) is 3.42. The van der Waals surface area contributed by atoms with E-state index in [4.69, 9.17) is 14.9 Å². The average molecular weight is 491 g/mol. The molecule has 1 aliphatic rings. The van der Waals surface area contributed by atoms with Crippen LogP contribution in [0.15, 0.2) is 47.4 Å². The lowest BCUT2D eigenvalue weighted by Crippen LogP contribution is -2.11. The first kappa shape index (κ1) is 23.7. The summed E-state index contributed by atoms with van der Waals surface area (Å²) in [5.41, 5.74) is 2.13. The smallest absolute Gasteiger partial charge is 0.186 e. The second kappa shape index (κ2) is 10.6. The fourth-order valence-corrected chi connectivity index (χ4v) is 5.36.